The lowest BCUT2D eigenvalue weighted by molar-refractivity contribution is 0.0342. The van der Waals surface area contributed by atoms with Crippen molar-refractivity contribution in [1.82, 2.24) is 15.5 Å². The molecule has 1 atom stereocenters. The average molecular weight is 415 g/mol. The summed E-state index contributed by atoms with van der Waals surface area (Å²) in [7, 11) is 0. The summed E-state index contributed by atoms with van der Waals surface area (Å²) in [6, 6.07) is 12.3. The monoisotopic (exact) mass is 414 g/mol. The van der Waals surface area contributed by atoms with Crippen LogP contribution < -0.4 is 10.6 Å². The SMILES string of the molecule is CCNC(=NCc1ccc(CN2CCOCC2)cc1)NCC(C)(O)c1ccc(C)o1. The number of morpholine rings is 1. The molecular formula is C23H34N4O3. The quantitative estimate of drug-likeness (QED) is 0.455. The highest BCUT2D eigenvalue weighted by Crippen LogP contribution is 2.21. The molecule has 0 saturated carbocycles. The molecule has 7 heteroatoms. The predicted molar refractivity (Wildman–Crippen MR) is 118 cm³/mol. The summed E-state index contributed by atoms with van der Waals surface area (Å²) < 4.78 is 11.0. The minimum absolute atomic E-state index is 0.296. The fourth-order valence-corrected chi connectivity index (χ4v) is 3.35. The number of nitrogens with one attached hydrogen (secondary N) is 2. The molecule has 30 heavy (non-hydrogen) atoms. The fraction of sp³-hybridized carbons (Fsp3) is 0.522. The van der Waals surface area contributed by atoms with E-state index in [-0.39, 0.29) is 0 Å². The number of hydrogen-bond donors (Lipinski definition) is 3. The molecule has 164 valence electrons. The van der Waals surface area contributed by atoms with Gasteiger partial charge in [-0.2, -0.15) is 0 Å². The smallest absolute Gasteiger partial charge is 0.191 e. The van der Waals surface area contributed by atoms with Crippen molar-refractivity contribution in [2.75, 3.05) is 39.4 Å². The minimum Gasteiger partial charge on any atom is -0.463 e. The third-order valence-corrected chi connectivity index (χ3v) is 5.17. The maximum absolute atomic E-state index is 10.7. The number of furan rings is 1. The number of benzene rings is 1. The van der Waals surface area contributed by atoms with E-state index < -0.39 is 5.60 Å². The van der Waals surface area contributed by atoms with E-state index in [1.165, 1.54) is 5.56 Å². The van der Waals surface area contributed by atoms with Gasteiger partial charge in [0.2, 0.25) is 0 Å². The Hall–Kier alpha value is -2.35. The first-order valence-electron chi connectivity index (χ1n) is 10.7. The van der Waals surface area contributed by atoms with Crippen molar-refractivity contribution in [1.29, 1.82) is 0 Å². The van der Waals surface area contributed by atoms with Gasteiger partial charge >= 0.3 is 0 Å². The Bertz CT molecular complexity index is 808. The van der Waals surface area contributed by atoms with Gasteiger partial charge in [0.15, 0.2) is 5.96 Å². The van der Waals surface area contributed by atoms with Crippen LogP contribution in [-0.2, 0) is 23.4 Å². The molecule has 2 heterocycles. The molecule has 1 aromatic heterocycles. The van der Waals surface area contributed by atoms with E-state index >= 15 is 0 Å². The third kappa shape index (κ3) is 6.58. The van der Waals surface area contributed by atoms with Gasteiger partial charge in [0, 0.05) is 26.2 Å². The molecule has 1 fully saturated rings. The van der Waals surface area contributed by atoms with Crippen molar-refractivity contribution < 1.29 is 14.3 Å². The zero-order valence-electron chi connectivity index (χ0n) is 18.3. The Morgan fingerprint density at radius 2 is 1.80 bits per heavy atom. The molecule has 3 N–H and O–H groups in total. The lowest BCUT2D eigenvalue weighted by Crippen LogP contribution is -2.44. The molecule has 0 radical (unpaired) electrons. The highest BCUT2D eigenvalue weighted by Gasteiger charge is 2.27. The van der Waals surface area contributed by atoms with Crippen molar-refractivity contribution >= 4 is 5.96 Å². The Morgan fingerprint density at radius 1 is 1.10 bits per heavy atom. The van der Waals surface area contributed by atoms with Crippen LogP contribution in [0.1, 0.15) is 36.5 Å². The van der Waals surface area contributed by atoms with E-state index in [1.807, 2.05) is 19.9 Å². The molecule has 1 unspecified atom stereocenters. The predicted octanol–water partition coefficient (Wildman–Crippen LogP) is 2.38. The second-order valence-electron chi connectivity index (χ2n) is 7.94. The zero-order chi connectivity index (χ0) is 21.4. The average Bonchev–Trinajstić information content (AvgIpc) is 3.19. The van der Waals surface area contributed by atoms with Crippen LogP contribution in [0.2, 0.25) is 0 Å². The maximum atomic E-state index is 10.7. The van der Waals surface area contributed by atoms with Crippen LogP contribution in [0.25, 0.3) is 0 Å². The van der Waals surface area contributed by atoms with E-state index in [0.29, 0.717) is 24.8 Å². The van der Waals surface area contributed by atoms with Gasteiger partial charge in [-0.05, 0) is 44.0 Å². The molecule has 1 aromatic carbocycles. The topological polar surface area (TPSA) is 82.3 Å². The Morgan fingerprint density at radius 3 is 2.43 bits per heavy atom. The lowest BCUT2D eigenvalue weighted by atomic mass is 10.0. The summed E-state index contributed by atoms with van der Waals surface area (Å²) in [5, 5.41) is 17.2. The van der Waals surface area contributed by atoms with Crippen LogP contribution >= 0.6 is 0 Å². The van der Waals surface area contributed by atoms with Crippen molar-refractivity contribution in [3.05, 3.63) is 59.0 Å². The van der Waals surface area contributed by atoms with Gasteiger partial charge in [0.1, 0.15) is 17.1 Å². The van der Waals surface area contributed by atoms with Crippen LogP contribution in [0.3, 0.4) is 0 Å². The lowest BCUT2D eigenvalue weighted by Gasteiger charge is -2.26. The van der Waals surface area contributed by atoms with Crippen LogP contribution in [0.5, 0.6) is 0 Å². The molecule has 1 aliphatic heterocycles. The summed E-state index contributed by atoms with van der Waals surface area (Å²) in [6.45, 7) is 11.8. The molecule has 1 saturated heterocycles. The number of aliphatic imine (C=N–C) groups is 1. The molecule has 1 aliphatic rings. The first-order valence-corrected chi connectivity index (χ1v) is 10.7. The van der Waals surface area contributed by atoms with Crippen molar-refractivity contribution in [3.8, 4) is 0 Å². The number of aliphatic hydroxyl groups is 1. The van der Waals surface area contributed by atoms with Gasteiger partial charge in [-0.3, -0.25) is 4.90 Å². The van der Waals surface area contributed by atoms with Crippen molar-refractivity contribution in [3.63, 3.8) is 0 Å². The number of guanidine groups is 1. The van der Waals surface area contributed by atoms with Gasteiger partial charge in [0.25, 0.3) is 0 Å². The highest BCUT2D eigenvalue weighted by molar-refractivity contribution is 5.79. The largest absolute Gasteiger partial charge is 0.463 e. The van der Waals surface area contributed by atoms with Gasteiger partial charge < -0.3 is 24.9 Å². The second kappa shape index (κ2) is 10.6. The number of nitrogens with zero attached hydrogens (tertiary/aromatic N) is 2. The highest BCUT2D eigenvalue weighted by atomic mass is 16.5. The molecule has 0 aliphatic carbocycles. The Balaban J connectivity index is 1.54. The molecule has 0 spiro atoms. The molecule has 7 nitrogen and oxygen atoms in total. The Kier molecular flexibility index (Phi) is 7.90. The molecule has 2 aromatic rings. The van der Waals surface area contributed by atoms with E-state index in [0.717, 1.165) is 50.7 Å². The summed E-state index contributed by atoms with van der Waals surface area (Å²) in [6.07, 6.45) is 0. The molecule has 3 rings (SSSR count). The third-order valence-electron chi connectivity index (χ3n) is 5.17. The van der Waals surface area contributed by atoms with Crippen LogP contribution in [0, 0.1) is 6.92 Å². The number of aryl methyl sites for hydroxylation is 1. The van der Waals surface area contributed by atoms with Gasteiger partial charge in [0.05, 0.1) is 26.3 Å². The number of rotatable bonds is 8. The fourth-order valence-electron chi connectivity index (χ4n) is 3.35. The van der Waals surface area contributed by atoms with Crippen molar-refractivity contribution in [2.24, 2.45) is 4.99 Å². The second-order valence-corrected chi connectivity index (χ2v) is 7.94. The summed E-state index contributed by atoms with van der Waals surface area (Å²) >= 11 is 0. The van der Waals surface area contributed by atoms with Crippen molar-refractivity contribution in [2.45, 2.75) is 39.5 Å². The van der Waals surface area contributed by atoms with Gasteiger partial charge in [-0.15, -0.1) is 0 Å². The van der Waals surface area contributed by atoms with Crippen LogP contribution in [0.4, 0.5) is 0 Å². The standard InChI is InChI=1S/C23H34N4O3/c1-4-24-22(26-17-23(3,28)21-10-5-18(2)30-21)25-15-19-6-8-20(9-7-19)16-27-11-13-29-14-12-27/h5-10,28H,4,11-17H2,1-3H3,(H2,24,25,26). The number of hydrogen-bond acceptors (Lipinski definition) is 5. The first-order chi connectivity index (χ1) is 14.5. The molecular weight excluding hydrogens is 380 g/mol. The summed E-state index contributed by atoms with van der Waals surface area (Å²) in [5.74, 6) is 1.99. The van der Waals surface area contributed by atoms with Crippen LogP contribution in [0.15, 0.2) is 45.8 Å². The molecule has 0 amide bonds. The normalized spacial score (nSPS) is 17.5. The van der Waals surface area contributed by atoms with Gasteiger partial charge in [-0.25, -0.2) is 4.99 Å². The van der Waals surface area contributed by atoms with E-state index in [1.54, 1.807) is 13.0 Å². The van der Waals surface area contributed by atoms with E-state index in [2.05, 4.69) is 44.8 Å². The zero-order valence-corrected chi connectivity index (χ0v) is 18.3. The minimum atomic E-state index is -1.12. The van der Waals surface area contributed by atoms with E-state index in [9.17, 15) is 5.11 Å². The Labute approximate surface area is 179 Å². The van der Waals surface area contributed by atoms with Gasteiger partial charge in [-0.1, -0.05) is 24.3 Å². The number of ether oxygens (including phenoxy) is 1. The van der Waals surface area contributed by atoms with E-state index in [4.69, 9.17) is 9.15 Å². The maximum Gasteiger partial charge on any atom is 0.191 e. The first kappa shape index (κ1) is 22.3. The summed E-state index contributed by atoms with van der Waals surface area (Å²) in [4.78, 5) is 7.07. The molecule has 0 bridgehead atoms. The summed E-state index contributed by atoms with van der Waals surface area (Å²) in [5.41, 5.74) is 1.33. The van der Waals surface area contributed by atoms with Crippen LogP contribution in [-0.4, -0.2) is 55.4 Å².